The van der Waals surface area contributed by atoms with Crippen molar-refractivity contribution in [1.29, 1.82) is 0 Å². The lowest BCUT2D eigenvalue weighted by atomic mass is 9.90. The molecule has 2 aromatic rings. The molecule has 0 aliphatic carbocycles. The Morgan fingerprint density at radius 1 is 0.909 bits per heavy atom. The van der Waals surface area contributed by atoms with Gasteiger partial charge in [0.25, 0.3) is 0 Å². The summed E-state index contributed by atoms with van der Waals surface area (Å²) in [7, 11) is 0. The fourth-order valence-electron chi connectivity index (χ4n) is 3.19. The largest absolute Gasteiger partial charge is 0.299 e. The molecule has 3 rings (SSSR count). The second-order valence-electron chi connectivity index (χ2n) is 6.04. The Bertz CT molecular complexity index is 565. The van der Waals surface area contributed by atoms with Gasteiger partial charge in [0.05, 0.1) is 0 Å². The summed E-state index contributed by atoms with van der Waals surface area (Å²) in [5, 5.41) is 0. The number of piperidine rings is 1. The fraction of sp³-hybridized carbons (Fsp3) is 0.368. The minimum Gasteiger partial charge on any atom is -0.299 e. The third kappa shape index (κ3) is 4.82. The monoisotopic (exact) mass is 319 g/mol. The van der Waals surface area contributed by atoms with E-state index in [1.54, 1.807) is 6.07 Å². The molecule has 2 aromatic carbocycles. The summed E-state index contributed by atoms with van der Waals surface area (Å²) in [6.07, 6.45) is 3.43. The molecule has 1 aliphatic rings. The highest BCUT2D eigenvalue weighted by Gasteiger charge is 2.19. The van der Waals surface area contributed by atoms with E-state index in [0.717, 1.165) is 31.6 Å². The minimum atomic E-state index is -0.117. The predicted molar refractivity (Wildman–Crippen MR) is 91.8 cm³/mol. The first-order valence-corrected chi connectivity index (χ1v) is 7.80. The zero-order chi connectivity index (χ0) is 14.5. The summed E-state index contributed by atoms with van der Waals surface area (Å²) in [4.78, 5) is 2.53. The van der Waals surface area contributed by atoms with Crippen LogP contribution in [0.5, 0.6) is 0 Å². The molecule has 22 heavy (non-hydrogen) atoms. The summed E-state index contributed by atoms with van der Waals surface area (Å²) in [6, 6.07) is 17.7. The van der Waals surface area contributed by atoms with E-state index in [1.807, 2.05) is 12.1 Å². The van der Waals surface area contributed by atoms with Gasteiger partial charge in [-0.3, -0.25) is 4.90 Å². The highest BCUT2D eigenvalue weighted by atomic mass is 35.5. The van der Waals surface area contributed by atoms with Gasteiger partial charge in [0.1, 0.15) is 5.82 Å². The molecule has 0 amide bonds. The van der Waals surface area contributed by atoms with Gasteiger partial charge in [0.2, 0.25) is 0 Å². The average Bonchev–Trinajstić information content (AvgIpc) is 2.50. The van der Waals surface area contributed by atoms with Crippen LogP contribution in [0, 0.1) is 11.7 Å². The standard InChI is InChI=1S/C19H22FN.ClH/c20-19-8-4-7-18(14-19)13-16-9-11-21(12-10-16)15-17-5-2-1-3-6-17;/h1-8,14,16H,9-13,15H2;1H. The third-order valence-electron chi connectivity index (χ3n) is 4.37. The maximum absolute atomic E-state index is 13.2. The Morgan fingerprint density at radius 2 is 1.59 bits per heavy atom. The van der Waals surface area contributed by atoms with Gasteiger partial charge in [0, 0.05) is 6.54 Å². The number of halogens is 2. The maximum Gasteiger partial charge on any atom is 0.123 e. The van der Waals surface area contributed by atoms with E-state index in [2.05, 4.69) is 35.2 Å². The first-order chi connectivity index (χ1) is 10.3. The molecule has 0 N–H and O–H groups in total. The molecule has 1 heterocycles. The molecule has 1 nitrogen and oxygen atoms in total. The van der Waals surface area contributed by atoms with Crippen molar-refractivity contribution in [1.82, 2.24) is 4.90 Å². The van der Waals surface area contributed by atoms with Crippen molar-refractivity contribution >= 4 is 12.4 Å². The van der Waals surface area contributed by atoms with Gasteiger partial charge < -0.3 is 0 Å². The molecule has 118 valence electrons. The van der Waals surface area contributed by atoms with Crippen molar-refractivity contribution in [3.63, 3.8) is 0 Å². The molecular weight excluding hydrogens is 297 g/mol. The van der Waals surface area contributed by atoms with Crippen LogP contribution in [0.25, 0.3) is 0 Å². The number of rotatable bonds is 4. The Kier molecular flexibility index (Phi) is 6.41. The predicted octanol–water partition coefficient (Wildman–Crippen LogP) is 4.70. The summed E-state index contributed by atoms with van der Waals surface area (Å²) >= 11 is 0. The molecular formula is C19H23ClFN. The van der Waals surface area contributed by atoms with E-state index in [9.17, 15) is 4.39 Å². The van der Waals surface area contributed by atoms with Gasteiger partial charge in [-0.15, -0.1) is 12.4 Å². The Balaban J connectivity index is 0.00000176. The Morgan fingerprint density at radius 3 is 2.27 bits per heavy atom. The SMILES string of the molecule is Cl.Fc1cccc(CC2CCN(Cc3ccccc3)CC2)c1. The number of benzene rings is 2. The first-order valence-electron chi connectivity index (χ1n) is 7.80. The lowest BCUT2D eigenvalue weighted by Gasteiger charge is -2.32. The van der Waals surface area contributed by atoms with Crippen LogP contribution < -0.4 is 0 Å². The molecule has 3 heteroatoms. The smallest absolute Gasteiger partial charge is 0.123 e. The van der Waals surface area contributed by atoms with Crippen molar-refractivity contribution in [3.8, 4) is 0 Å². The summed E-state index contributed by atoms with van der Waals surface area (Å²) < 4.78 is 13.2. The highest BCUT2D eigenvalue weighted by Crippen LogP contribution is 2.23. The zero-order valence-electron chi connectivity index (χ0n) is 12.7. The summed E-state index contributed by atoms with van der Waals surface area (Å²) in [5.41, 5.74) is 2.53. The summed E-state index contributed by atoms with van der Waals surface area (Å²) in [5.74, 6) is 0.577. The lowest BCUT2D eigenvalue weighted by molar-refractivity contribution is 0.177. The van der Waals surface area contributed by atoms with Crippen LogP contribution in [0.1, 0.15) is 24.0 Å². The topological polar surface area (TPSA) is 3.24 Å². The molecule has 0 unspecified atom stereocenters. The molecule has 0 atom stereocenters. The number of hydrogen-bond donors (Lipinski definition) is 0. The molecule has 0 spiro atoms. The van der Waals surface area contributed by atoms with Crippen molar-refractivity contribution in [2.45, 2.75) is 25.8 Å². The normalized spacial score (nSPS) is 16.2. The first kappa shape index (κ1) is 17.0. The summed E-state index contributed by atoms with van der Waals surface area (Å²) in [6.45, 7) is 3.34. The maximum atomic E-state index is 13.2. The lowest BCUT2D eigenvalue weighted by Crippen LogP contribution is -2.33. The quantitative estimate of drug-likeness (QED) is 0.789. The van der Waals surface area contributed by atoms with E-state index in [0.29, 0.717) is 5.92 Å². The zero-order valence-corrected chi connectivity index (χ0v) is 13.6. The number of hydrogen-bond acceptors (Lipinski definition) is 1. The van der Waals surface area contributed by atoms with E-state index >= 15 is 0 Å². The van der Waals surface area contributed by atoms with Crippen LogP contribution in [-0.2, 0) is 13.0 Å². The van der Waals surface area contributed by atoms with Gasteiger partial charge in [-0.2, -0.15) is 0 Å². The Labute approximate surface area is 138 Å². The van der Waals surface area contributed by atoms with Crippen molar-refractivity contribution in [3.05, 3.63) is 71.5 Å². The second-order valence-corrected chi connectivity index (χ2v) is 6.04. The Hall–Kier alpha value is -1.38. The van der Waals surface area contributed by atoms with E-state index in [1.165, 1.54) is 24.5 Å². The minimum absolute atomic E-state index is 0. The van der Waals surface area contributed by atoms with Crippen LogP contribution in [0.3, 0.4) is 0 Å². The van der Waals surface area contributed by atoms with Crippen LogP contribution in [0.15, 0.2) is 54.6 Å². The van der Waals surface area contributed by atoms with E-state index < -0.39 is 0 Å². The van der Waals surface area contributed by atoms with Crippen molar-refractivity contribution in [2.75, 3.05) is 13.1 Å². The van der Waals surface area contributed by atoms with E-state index in [4.69, 9.17) is 0 Å². The molecule has 1 saturated heterocycles. The number of likely N-dealkylation sites (tertiary alicyclic amines) is 1. The molecule has 0 saturated carbocycles. The van der Waals surface area contributed by atoms with E-state index in [-0.39, 0.29) is 18.2 Å². The number of nitrogens with zero attached hydrogens (tertiary/aromatic N) is 1. The van der Waals surface area contributed by atoms with Crippen molar-refractivity contribution in [2.24, 2.45) is 5.92 Å². The van der Waals surface area contributed by atoms with Crippen LogP contribution >= 0.6 is 12.4 Å². The second kappa shape index (κ2) is 8.30. The highest BCUT2D eigenvalue weighted by molar-refractivity contribution is 5.85. The van der Waals surface area contributed by atoms with Gasteiger partial charge in [0.15, 0.2) is 0 Å². The molecule has 0 bridgehead atoms. The van der Waals surface area contributed by atoms with Gasteiger partial charge in [-0.05, 0) is 61.5 Å². The third-order valence-corrected chi connectivity index (χ3v) is 4.37. The van der Waals surface area contributed by atoms with Gasteiger partial charge >= 0.3 is 0 Å². The van der Waals surface area contributed by atoms with Crippen LogP contribution in [0.4, 0.5) is 4.39 Å². The van der Waals surface area contributed by atoms with Crippen LogP contribution in [0.2, 0.25) is 0 Å². The average molecular weight is 320 g/mol. The molecule has 1 aliphatic heterocycles. The van der Waals surface area contributed by atoms with Gasteiger partial charge in [-0.25, -0.2) is 4.39 Å². The van der Waals surface area contributed by atoms with Gasteiger partial charge in [-0.1, -0.05) is 42.5 Å². The van der Waals surface area contributed by atoms with Crippen LogP contribution in [-0.4, -0.2) is 18.0 Å². The van der Waals surface area contributed by atoms with Crippen molar-refractivity contribution < 1.29 is 4.39 Å². The molecule has 0 radical (unpaired) electrons. The molecule has 1 fully saturated rings. The fourth-order valence-corrected chi connectivity index (χ4v) is 3.19. The molecule has 0 aromatic heterocycles.